The lowest BCUT2D eigenvalue weighted by Gasteiger charge is -2.38. The molecule has 0 aromatic heterocycles. The normalized spacial score (nSPS) is 29.5. The van der Waals surface area contributed by atoms with E-state index in [2.05, 4.69) is 13.8 Å². The van der Waals surface area contributed by atoms with E-state index >= 15 is 0 Å². The zero-order valence-electron chi connectivity index (χ0n) is 12.1. The Hall–Kier alpha value is -0.0400. The molecule has 0 spiro atoms. The van der Waals surface area contributed by atoms with Gasteiger partial charge in [0, 0.05) is 5.54 Å². The summed E-state index contributed by atoms with van der Waals surface area (Å²) in [6.45, 7) is 4.60. The van der Waals surface area contributed by atoms with Gasteiger partial charge in [0.1, 0.15) is 0 Å². The van der Waals surface area contributed by atoms with Gasteiger partial charge in [-0.3, -0.25) is 0 Å². The Labute approximate surface area is 109 Å². The van der Waals surface area contributed by atoms with Crippen LogP contribution in [0.25, 0.3) is 0 Å². The molecule has 2 unspecified atom stereocenters. The highest BCUT2D eigenvalue weighted by atomic mass is 14.7. The van der Waals surface area contributed by atoms with E-state index in [0.29, 0.717) is 0 Å². The van der Waals surface area contributed by atoms with Gasteiger partial charge in [0.15, 0.2) is 0 Å². The van der Waals surface area contributed by atoms with E-state index in [1.54, 1.807) is 0 Å². The smallest absolute Gasteiger partial charge is 0.0157 e. The summed E-state index contributed by atoms with van der Waals surface area (Å²) in [6.07, 6.45) is 16.3. The molecule has 17 heavy (non-hydrogen) atoms. The lowest BCUT2D eigenvalue weighted by atomic mass is 9.73. The fourth-order valence-electron chi connectivity index (χ4n) is 3.35. The zero-order valence-corrected chi connectivity index (χ0v) is 12.1. The number of rotatable bonds is 8. The number of nitrogens with two attached hydrogens (primary N) is 1. The molecule has 102 valence electrons. The molecule has 1 saturated carbocycles. The van der Waals surface area contributed by atoms with Gasteiger partial charge in [-0.1, -0.05) is 71.6 Å². The highest BCUT2D eigenvalue weighted by molar-refractivity contribution is 4.90. The first-order valence-corrected chi connectivity index (χ1v) is 7.99. The molecule has 0 heterocycles. The summed E-state index contributed by atoms with van der Waals surface area (Å²) in [4.78, 5) is 0. The van der Waals surface area contributed by atoms with Crippen LogP contribution in [0, 0.1) is 5.92 Å². The third-order valence-electron chi connectivity index (χ3n) is 4.59. The van der Waals surface area contributed by atoms with Crippen molar-refractivity contribution in [2.75, 3.05) is 0 Å². The first-order chi connectivity index (χ1) is 8.20. The standard InChI is InChI=1S/C16H33N/c1-3-5-6-7-8-9-12-16(17)13-10-11-15(4-2)14-16/h15H,3-14,17H2,1-2H3. The topological polar surface area (TPSA) is 26.0 Å². The molecule has 1 aliphatic carbocycles. The Balaban J connectivity index is 2.11. The highest BCUT2D eigenvalue weighted by Gasteiger charge is 2.31. The van der Waals surface area contributed by atoms with Crippen LogP contribution in [0.15, 0.2) is 0 Å². The van der Waals surface area contributed by atoms with E-state index in [0.717, 1.165) is 5.92 Å². The minimum atomic E-state index is 0.198. The summed E-state index contributed by atoms with van der Waals surface area (Å²) in [5.41, 5.74) is 6.76. The van der Waals surface area contributed by atoms with E-state index in [-0.39, 0.29) is 5.54 Å². The van der Waals surface area contributed by atoms with Gasteiger partial charge < -0.3 is 5.73 Å². The fraction of sp³-hybridized carbons (Fsp3) is 1.00. The van der Waals surface area contributed by atoms with E-state index < -0.39 is 0 Å². The molecule has 1 rings (SSSR count). The second-order valence-corrected chi connectivity index (χ2v) is 6.25. The van der Waals surface area contributed by atoms with Gasteiger partial charge in [-0.05, 0) is 25.2 Å². The molecule has 0 radical (unpaired) electrons. The van der Waals surface area contributed by atoms with Gasteiger partial charge in [0.2, 0.25) is 0 Å². The van der Waals surface area contributed by atoms with Crippen LogP contribution in [0.1, 0.15) is 90.9 Å². The Kier molecular flexibility index (Phi) is 7.18. The molecule has 0 aliphatic heterocycles. The number of hydrogen-bond donors (Lipinski definition) is 1. The summed E-state index contributed by atoms with van der Waals surface area (Å²) < 4.78 is 0. The van der Waals surface area contributed by atoms with Crippen LogP contribution < -0.4 is 5.73 Å². The summed E-state index contributed by atoms with van der Waals surface area (Å²) in [6, 6.07) is 0. The molecule has 2 N–H and O–H groups in total. The predicted octanol–water partition coefficient (Wildman–Crippen LogP) is 5.03. The predicted molar refractivity (Wildman–Crippen MR) is 77.2 cm³/mol. The van der Waals surface area contributed by atoms with Crippen molar-refractivity contribution >= 4 is 0 Å². The van der Waals surface area contributed by atoms with Crippen LogP contribution in [0.3, 0.4) is 0 Å². The SMILES string of the molecule is CCCCCCCCC1(N)CCCC(CC)C1. The van der Waals surface area contributed by atoms with E-state index in [9.17, 15) is 0 Å². The maximum Gasteiger partial charge on any atom is 0.0157 e. The summed E-state index contributed by atoms with van der Waals surface area (Å²) >= 11 is 0. The van der Waals surface area contributed by atoms with Crippen LogP contribution in [0.5, 0.6) is 0 Å². The molecule has 0 saturated heterocycles. The molecule has 0 amide bonds. The molecule has 0 aromatic rings. The van der Waals surface area contributed by atoms with Gasteiger partial charge in [0.05, 0.1) is 0 Å². The maximum absolute atomic E-state index is 6.57. The lowest BCUT2D eigenvalue weighted by molar-refractivity contribution is 0.203. The first-order valence-electron chi connectivity index (χ1n) is 7.99. The monoisotopic (exact) mass is 239 g/mol. The Morgan fingerprint density at radius 3 is 2.47 bits per heavy atom. The first kappa shape index (κ1) is 15.0. The second-order valence-electron chi connectivity index (χ2n) is 6.25. The van der Waals surface area contributed by atoms with Gasteiger partial charge in [-0.25, -0.2) is 0 Å². The third kappa shape index (κ3) is 5.90. The summed E-state index contributed by atoms with van der Waals surface area (Å²) in [7, 11) is 0. The molecule has 1 heteroatoms. The fourth-order valence-corrected chi connectivity index (χ4v) is 3.35. The average molecular weight is 239 g/mol. The Bertz CT molecular complexity index is 190. The van der Waals surface area contributed by atoms with Gasteiger partial charge in [-0.15, -0.1) is 0 Å². The van der Waals surface area contributed by atoms with Crippen molar-refractivity contribution in [3.63, 3.8) is 0 Å². The molecule has 2 atom stereocenters. The largest absolute Gasteiger partial charge is 0.325 e. The van der Waals surface area contributed by atoms with Crippen molar-refractivity contribution in [2.24, 2.45) is 11.7 Å². The second kappa shape index (κ2) is 8.13. The van der Waals surface area contributed by atoms with Gasteiger partial charge in [0.25, 0.3) is 0 Å². The van der Waals surface area contributed by atoms with Gasteiger partial charge in [-0.2, -0.15) is 0 Å². The van der Waals surface area contributed by atoms with Crippen LogP contribution in [0.4, 0.5) is 0 Å². The highest BCUT2D eigenvalue weighted by Crippen LogP contribution is 2.35. The molecule has 1 aliphatic rings. The molecular weight excluding hydrogens is 206 g/mol. The molecule has 1 fully saturated rings. The molecular formula is C16H33N. The van der Waals surface area contributed by atoms with Gasteiger partial charge >= 0.3 is 0 Å². The Morgan fingerprint density at radius 2 is 1.76 bits per heavy atom. The van der Waals surface area contributed by atoms with E-state index in [1.165, 1.54) is 77.0 Å². The van der Waals surface area contributed by atoms with Crippen molar-refractivity contribution in [2.45, 2.75) is 96.4 Å². The minimum absolute atomic E-state index is 0.198. The lowest BCUT2D eigenvalue weighted by Crippen LogP contribution is -2.44. The average Bonchev–Trinajstić information content (AvgIpc) is 2.33. The summed E-state index contributed by atoms with van der Waals surface area (Å²) in [5.74, 6) is 0.911. The minimum Gasteiger partial charge on any atom is -0.325 e. The van der Waals surface area contributed by atoms with Crippen molar-refractivity contribution in [1.82, 2.24) is 0 Å². The van der Waals surface area contributed by atoms with Crippen LogP contribution in [-0.2, 0) is 0 Å². The maximum atomic E-state index is 6.57. The zero-order chi connectivity index (χ0) is 12.6. The van der Waals surface area contributed by atoms with Crippen molar-refractivity contribution in [1.29, 1.82) is 0 Å². The number of hydrogen-bond acceptors (Lipinski definition) is 1. The van der Waals surface area contributed by atoms with Crippen molar-refractivity contribution in [3.8, 4) is 0 Å². The third-order valence-corrected chi connectivity index (χ3v) is 4.59. The molecule has 0 bridgehead atoms. The van der Waals surface area contributed by atoms with E-state index in [1.807, 2.05) is 0 Å². The number of unbranched alkanes of at least 4 members (excludes halogenated alkanes) is 5. The molecule has 0 aromatic carbocycles. The molecule has 1 nitrogen and oxygen atoms in total. The Morgan fingerprint density at radius 1 is 1.06 bits per heavy atom. The summed E-state index contributed by atoms with van der Waals surface area (Å²) in [5, 5.41) is 0. The van der Waals surface area contributed by atoms with Crippen molar-refractivity contribution in [3.05, 3.63) is 0 Å². The quantitative estimate of drug-likeness (QED) is 0.590. The van der Waals surface area contributed by atoms with Crippen molar-refractivity contribution < 1.29 is 0 Å². The van der Waals surface area contributed by atoms with Crippen LogP contribution >= 0.6 is 0 Å². The van der Waals surface area contributed by atoms with Crippen LogP contribution in [-0.4, -0.2) is 5.54 Å². The van der Waals surface area contributed by atoms with E-state index in [4.69, 9.17) is 5.73 Å². The van der Waals surface area contributed by atoms with Crippen LogP contribution in [0.2, 0.25) is 0 Å².